The van der Waals surface area contributed by atoms with Gasteiger partial charge in [-0.1, -0.05) is 76.9 Å². The monoisotopic (exact) mass is 379 g/mol. The Morgan fingerprint density at radius 2 is 1.44 bits per heavy atom. The molecule has 1 rings (SSSR count). The smallest absolute Gasteiger partial charge is 0.166 e. The first-order valence-corrected chi connectivity index (χ1v) is 11.8. The number of aliphatic hydroxyl groups is 1. The van der Waals surface area contributed by atoms with Crippen LogP contribution in [0.2, 0.25) is 0 Å². The summed E-state index contributed by atoms with van der Waals surface area (Å²) in [7, 11) is 0. The largest absolute Gasteiger partial charge is 0.390 e. The molecular weight excluding hydrogens is 332 g/mol. The summed E-state index contributed by atoms with van der Waals surface area (Å²) in [5.41, 5.74) is 0. The fourth-order valence-corrected chi connectivity index (χ4v) is 4.27. The average Bonchev–Trinajstić information content (AvgIpc) is 3.08. The Morgan fingerprint density at radius 1 is 0.852 bits per heavy atom. The van der Waals surface area contributed by atoms with Crippen molar-refractivity contribution in [1.29, 1.82) is 0 Å². The second-order valence-electron chi connectivity index (χ2n) is 8.21. The molecule has 0 bridgehead atoms. The number of hydrogen-bond donors (Lipinski definition) is 2. The lowest BCUT2D eigenvalue weighted by atomic mass is 10.0. The first-order valence-electron chi connectivity index (χ1n) is 11.8. The molecule has 2 N–H and O–H groups in total. The van der Waals surface area contributed by atoms with Gasteiger partial charge in [0.1, 0.15) is 12.7 Å². The van der Waals surface area contributed by atoms with Crippen molar-refractivity contribution >= 4 is 0 Å². The van der Waals surface area contributed by atoms with Gasteiger partial charge in [0.15, 0.2) is 6.17 Å². The van der Waals surface area contributed by atoms with Crippen LogP contribution in [0.3, 0.4) is 0 Å². The molecule has 3 nitrogen and oxygen atoms in total. The van der Waals surface area contributed by atoms with E-state index in [9.17, 15) is 5.11 Å². The highest BCUT2D eigenvalue weighted by Crippen LogP contribution is 2.23. The number of unbranched alkanes of at least 4 members (excludes halogenated alkanes) is 11. The van der Waals surface area contributed by atoms with Gasteiger partial charge in [0, 0.05) is 6.42 Å². The van der Waals surface area contributed by atoms with Crippen molar-refractivity contribution in [1.82, 2.24) is 5.32 Å². The summed E-state index contributed by atoms with van der Waals surface area (Å²) in [5.74, 6) is 0. The third-order valence-electron chi connectivity index (χ3n) is 6.14. The molecule has 0 aliphatic carbocycles. The number of hydrogen-bond acceptors (Lipinski definition) is 2. The predicted octanol–water partition coefficient (Wildman–Crippen LogP) is 6.25. The second-order valence-corrected chi connectivity index (χ2v) is 8.21. The van der Waals surface area contributed by atoms with Gasteiger partial charge in [0.05, 0.1) is 19.4 Å². The van der Waals surface area contributed by atoms with E-state index >= 15 is 0 Å². The molecule has 3 heteroatoms. The van der Waals surface area contributed by atoms with Gasteiger partial charge in [-0.15, -0.1) is 0 Å². The van der Waals surface area contributed by atoms with Gasteiger partial charge in [-0.05, 0) is 32.6 Å². The van der Waals surface area contributed by atoms with Gasteiger partial charge in [0.2, 0.25) is 0 Å². The number of allylic oxidation sites excluding steroid dienone is 2. The molecule has 0 aromatic heterocycles. The number of nitrogens with one attached hydrogen (secondary N) is 1. The van der Waals surface area contributed by atoms with Crippen molar-refractivity contribution in [3.63, 3.8) is 0 Å². The lowest BCUT2D eigenvalue weighted by Gasteiger charge is -2.36. The maximum Gasteiger partial charge on any atom is 0.166 e. The molecule has 0 amide bonds. The van der Waals surface area contributed by atoms with Crippen molar-refractivity contribution < 1.29 is 9.59 Å². The van der Waals surface area contributed by atoms with Crippen LogP contribution in [-0.4, -0.2) is 35.5 Å². The highest BCUT2D eigenvalue weighted by molar-refractivity contribution is 4.84. The topological polar surface area (TPSA) is 32.3 Å². The van der Waals surface area contributed by atoms with Crippen LogP contribution < -0.4 is 5.32 Å². The van der Waals surface area contributed by atoms with Gasteiger partial charge in [-0.2, -0.15) is 0 Å². The van der Waals surface area contributed by atoms with Crippen LogP contribution in [0.5, 0.6) is 0 Å². The van der Waals surface area contributed by atoms with Crippen LogP contribution in [-0.2, 0) is 0 Å². The highest BCUT2D eigenvalue weighted by Gasteiger charge is 2.35. The van der Waals surface area contributed by atoms with Gasteiger partial charge in [-0.25, -0.2) is 0 Å². The molecule has 0 saturated carbocycles. The molecular formula is C24H47N2O+. The van der Waals surface area contributed by atoms with Gasteiger partial charge >= 0.3 is 0 Å². The van der Waals surface area contributed by atoms with E-state index in [1.54, 1.807) is 0 Å². The third-order valence-corrected chi connectivity index (χ3v) is 6.14. The van der Waals surface area contributed by atoms with Crippen LogP contribution >= 0.6 is 0 Å². The standard InChI is InChI=1S/C24H47N2O/c1-3-5-6-7-8-9-10-11-12-13-14-15-16-17-18-19-24-25-20-21-26(24,4-2)22-23-27/h5-6,20-21,24-25,27H,3-4,7-19,22-23H2,1-2H3/q+1/b6-5+. The minimum atomic E-state index is 0.270. The Labute approximate surface area is 169 Å². The van der Waals surface area contributed by atoms with E-state index < -0.39 is 0 Å². The zero-order chi connectivity index (χ0) is 19.6. The number of nitrogens with zero attached hydrogens (tertiary/aromatic N) is 1. The van der Waals surface area contributed by atoms with Gasteiger partial charge in [0.25, 0.3) is 0 Å². The summed E-state index contributed by atoms with van der Waals surface area (Å²) < 4.78 is 0.908. The Morgan fingerprint density at radius 3 is 2.00 bits per heavy atom. The average molecular weight is 380 g/mol. The van der Waals surface area contributed by atoms with Crippen LogP contribution in [0.25, 0.3) is 0 Å². The van der Waals surface area contributed by atoms with Crippen molar-refractivity contribution in [2.24, 2.45) is 0 Å². The first kappa shape index (κ1) is 24.2. The highest BCUT2D eigenvalue weighted by atomic mass is 16.3. The minimum Gasteiger partial charge on any atom is -0.390 e. The molecule has 2 unspecified atom stereocenters. The fourth-order valence-electron chi connectivity index (χ4n) is 4.27. The molecule has 0 saturated heterocycles. The number of aliphatic hydroxyl groups excluding tert-OH is 1. The summed E-state index contributed by atoms with van der Waals surface area (Å²) in [6.45, 7) is 6.59. The summed E-state index contributed by atoms with van der Waals surface area (Å²) in [6.07, 6.45) is 28.5. The first-order chi connectivity index (χ1) is 13.3. The summed E-state index contributed by atoms with van der Waals surface area (Å²) >= 11 is 0. The van der Waals surface area contributed by atoms with E-state index in [4.69, 9.17) is 0 Å². The van der Waals surface area contributed by atoms with Crippen LogP contribution in [0.1, 0.15) is 104 Å². The van der Waals surface area contributed by atoms with E-state index in [2.05, 4.69) is 43.7 Å². The van der Waals surface area contributed by atoms with E-state index in [0.29, 0.717) is 6.17 Å². The minimum absolute atomic E-state index is 0.270. The second kappa shape index (κ2) is 16.2. The molecule has 27 heavy (non-hydrogen) atoms. The molecule has 0 fully saturated rings. The van der Waals surface area contributed by atoms with Crippen LogP contribution in [0.15, 0.2) is 24.6 Å². The molecule has 0 radical (unpaired) electrons. The van der Waals surface area contributed by atoms with Crippen molar-refractivity contribution in [2.75, 3.05) is 19.7 Å². The predicted molar refractivity (Wildman–Crippen MR) is 118 cm³/mol. The van der Waals surface area contributed by atoms with Crippen molar-refractivity contribution in [3.8, 4) is 0 Å². The fraction of sp³-hybridized carbons (Fsp3) is 0.833. The Hall–Kier alpha value is -0.800. The lowest BCUT2D eigenvalue weighted by molar-refractivity contribution is -0.900. The maximum absolute atomic E-state index is 9.36. The number of likely N-dealkylation sites (N-methyl/N-ethyl adjacent to an activating group) is 1. The quantitative estimate of drug-likeness (QED) is 0.167. The molecule has 0 spiro atoms. The van der Waals surface area contributed by atoms with E-state index in [-0.39, 0.29) is 6.61 Å². The van der Waals surface area contributed by atoms with Crippen LogP contribution in [0, 0.1) is 0 Å². The Kier molecular flexibility index (Phi) is 14.5. The zero-order valence-corrected chi connectivity index (χ0v) is 18.3. The van der Waals surface area contributed by atoms with Gasteiger partial charge < -0.3 is 10.4 Å². The zero-order valence-electron chi connectivity index (χ0n) is 18.3. The lowest BCUT2D eigenvalue weighted by Crippen LogP contribution is -2.54. The molecule has 158 valence electrons. The molecule has 1 heterocycles. The molecule has 2 atom stereocenters. The molecule has 1 aliphatic heterocycles. The summed E-state index contributed by atoms with van der Waals surface area (Å²) in [4.78, 5) is 0. The number of rotatable bonds is 18. The van der Waals surface area contributed by atoms with Gasteiger partial charge in [-0.3, -0.25) is 4.48 Å². The van der Waals surface area contributed by atoms with Crippen LogP contribution in [0.4, 0.5) is 0 Å². The van der Waals surface area contributed by atoms with E-state index in [0.717, 1.165) is 17.6 Å². The number of quaternary nitrogens is 1. The summed E-state index contributed by atoms with van der Waals surface area (Å²) in [6, 6.07) is 0. The Balaban J connectivity index is 1.89. The van der Waals surface area contributed by atoms with E-state index in [1.165, 1.54) is 89.9 Å². The molecule has 1 aliphatic rings. The SMILES string of the molecule is CC/C=C/CCCCCCCCCCCCCC1NC=C[N+]1(CC)CCO. The normalized spacial score (nSPS) is 22.0. The third kappa shape index (κ3) is 10.4. The Bertz CT molecular complexity index is 394. The van der Waals surface area contributed by atoms with Crippen molar-refractivity contribution in [2.45, 2.75) is 110 Å². The summed E-state index contributed by atoms with van der Waals surface area (Å²) in [5, 5.41) is 12.9. The molecule has 0 aromatic rings. The molecule has 0 aromatic carbocycles. The van der Waals surface area contributed by atoms with E-state index in [1.807, 2.05) is 0 Å². The van der Waals surface area contributed by atoms with Crippen molar-refractivity contribution in [3.05, 3.63) is 24.6 Å². The maximum atomic E-state index is 9.36.